The molecule has 0 radical (unpaired) electrons. The summed E-state index contributed by atoms with van der Waals surface area (Å²) in [6.07, 6.45) is 0.132. The second kappa shape index (κ2) is 7.40. The van der Waals surface area contributed by atoms with E-state index in [1.165, 1.54) is 0 Å². The lowest BCUT2D eigenvalue weighted by atomic mass is 10.1. The molecule has 1 aromatic heterocycles. The van der Waals surface area contributed by atoms with Crippen LogP contribution < -0.4 is 5.32 Å². The van der Waals surface area contributed by atoms with Gasteiger partial charge in [-0.2, -0.15) is 0 Å². The van der Waals surface area contributed by atoms with Gasteiger partial charge in [-0.05, 0) is 19.4 Å². The molecule has 0 spiro atoms. The Hall–Kier alpha value is -2.63. The molecule has 1 amide bonds. The Morgan fingerprint density at radius 1 is 1.23 bits per heavy atom. The zero-order valence-corrected chi connectivity index (χ0v) is 12.6. The monoisotopic (exact) mass is 302 g/mol. The van der Waals surface area contributed by atoms with Gasteiger partial charge in [-0.3, -0.25) is 9.59 Å². The maximum absolute atomic E-state index is 11.8. The highest BCUT2D eigenvalue weighted by molar-refractivity contribution is 5.83. The molecule has 1 aromatic carbocycles. The summed E-state index contributed by atoms with van der Waals surface area (Å²) >= 11 is 0. The molecule has 2 rings (SSSR count). The Morgan fingerprint density at radius 2 is 1.95 bits per heavy atom. The van der Waals surface area contributed by atoms with E-state index in [4.69, 9.17) is 9.26 Å². The summed E-state index contributed by atoms with van der Waals surface area (Å²) in [5.41, 5.74) is 2.33. The Bertz CT molecular complexity index is 630. The number of aromatic nitrogens is 1. The predicted molar refractivity (Wildman–Crippen MR) is 78.9 cm³/mol. The van der Waals surface area contributed by atoms with Crippen molar-refractivity contribution in [2.75, 3.05) is 6.54 Å². The van der Waals surface area contributed by atoms with Crippen molar-refractivity contribution < 1.29 is 18.8 Å². The van der Waals surface area contributed by atoms with Crippen molar-refractivity contribution in [3.63, 3.8) is 0 Å². The van der Waals surface area contributed by atoms with E-state index in [0.29, 0.717) is 11.5 Å². The van der Waals surface area contributed by atoms with Crippen LogP contribution in [0.3, 0.4) is 0 Å². The lowest BCUT2D eigenvalue weighted by molar-refractivity contribution is -0.145. The SMILES string of the molecule is Cc1noc(C)c1CC(=O)NCC(=O)OCc1ccccc1. The van der Waals surface area contributed by atoms with Crippen LogP contribution in [-0.2, 0) is 27.4 Å². The number of benzene rings is 1. The van der Waals surface area contributed by atoms with Crippen molar-refractivity contribution >= 4 is 11.9 Å². The Morgan fingerprint density at radius 3 is 2.59 bits per heavy atom. The average molecular weight is 302 g/mol. The molecule has 22 heavy (non-hydrogen) atoms. The minimum absolute atomic E-state index is 0.132. The highest BCUT2D eigenvalue weighted by Crippen LogP contribution is 2.12. The zero-order valence-electron chi connectivity index (χ0n) is 12.6. The topological polar surface area (TPSA) is 81.4 Å². The van der Waals surface area contributed by atoms with E-state index in [1.54, 1.807) is 13.8 Å². The second-order valence-corrected chi connectivity index (χ2v) is 4.90. The van der Waals surface area contributed by atoms with Crippen LogP contribution in [-0.4, -0.2) is 23.6 Å². The third-order valence-electron chi connectivity index (χ3n) is 3.19. The van der Waals surface area contributed by atoms with E-state index in [2.05, 4.69) is 10.5 Å². The number of nitrogens with one attached hydrogen (secondary N) is 1. The molecule has 6 nitrogen and oxygen atoms in total. The Kier molecular flexibility index (Phi) is 5.30. The van der Waals surface area contributed by atoms with Gasteiger partial charge in [0.25, 0.3) is 0 Å². The van der Waals surface area contributed by atoms with Crippen molar-refractivity contribution in [1.29, 1.82) is 0 Å². The largest absolute Gasteiger partial charge is 0.460 e. The number of hydrogen-bond acceptors (Lipinski definition) is 5. The Balaban J connectivity index is 1.73. The molecule has 1 heterocycles. The molecule has 0 aliphatic rings. The van der Waals surface area contributed by atoms with Crippen LogP contribution >= 0.6 is 0 Å². The number of hydrogen-bond donors (Lipinski definition) is 1. The van der Waals surface area contributed by atoms with Gasteiger partial charge in [0.15, 0.2) is 0 Å². The summed E-state index contributed by atoms with van der Waals surface area (Å²) < 4.78 is 10.1. The van der Waals surface area contributed by atoms with Gasteiger partial charge >= 0.3 is 5.97 Å². The van der Waals surface area contributed by atoms with Crippen molar-refractivity contribution in [2.45, 2.75) is 26.9 Å². The van der Waals surface area contributed by atoms with Crippen LogP contribution in [0.15, 0.2) is 34.9 Å². The molecule has 2 aromatic rings. The van der Waals surface area contributed by atoms with E-state index >= 15 is 0 Å². The van der Waals surface area contributed by atoms with Gasteiger partial charge in [0.2, 0.25) is 5.91 Å². The number of ether oxygens (including phenoxy) is 1. The minimum Gasteiger partial charge on any atom is -0.460 e. The summed E-state index contributed by atoms with van der Waals surface area (Å²) in [5.74, 6) is -0.138. The maximum atomic E-state index is 11.8. The lowest BCUT2D eigenvalue weighted by Gasteiger charge is -2.06. The quantitative estimate of drug-likeness (QED) is 0.821. The molecule has 0 aliphatic heterocycles. The van der Waals surface area contributed by atoms with Gasteiger partial charge in [0.05, 0.1) is 12.1 Å². The van der Waals surface area contributed by atoms with Crippen LogP contribution in [0.5, 0.6) is 0 Å². The number of rotatable bonds is 6. The number of nitrogens with zero attached hydrogens (tertiary/aromatic N) is 1. The molecular weight excluding hydrogens is 284 g/mol. The fourth-order valence-electron chi connectivity index (χ4n) is 1.94. The van der Waals surface area contributed by atoms with E-state index in [9.17, 15) is 9.59 Å². The summed E-state index contributed by atoms with van der Waals surface area (Å²) in [6, 6.07) is 9.36. The molecule has 0 saturated heterocycles. The maximum Gasteiger partial charge on any atom is 0.325 e. The summed E-state index contributed by atoms with van der Waals surface area (Å²) in [6.45, 7) is 3.55. The normalized spacial score (nSPS) is 10.3. The molecule has 0 bridgehead atoms. The highest BCUT2D eigenvalue weighted by atomic mass is 16.5. The first-order chi connectivity index (χ1) is 10.6. The van der Waals surface area contributed by atoms with Crippen LogP contribution in [0.25, 0.3) is 0 Å². The molecule has 1 N–H and O–H groups in total. The number of amides is 1. The highest BCUT2D eigenvalue weighted by Gasteiger charge is 2.14. The van der Waals surface area contributed by atoms with E-state index in [1.807, 2.05) is 30.3 Å². The molecule has 6 heteroatoms. The van der Waals surface area contributed by atoms with Crippen LogP contribution in [0.1, 0.15) is 22.6 Å². The average Bonchev–Trinajstić information content (AvgIpc) is 2.84. The molecule has 116 valence electrons. The third-order valence-corrected chi connectivity index (χ3v) is 3.19. The van der Waals surface area contributed by atoms with Crippen molar-refractivity contribution in [1.82, 2.24) is 10.5 Å². The molecule has 0 fully saturated rings. The summed E-state index contributed by atoms with van der Waals surface area (Å²) in [5, 5.41) is 6.31. The van der Waals surface area contributed by atoms with Crippen LogP contribution in [0.2, 0.25) is 0 Å². The fourth-order valence-corrected chi connectivity index (χ4v) is 1.94. The van der Waals surface area contributed by atoms with Gasteiger partial charge in [-0.25, -0.2) is 0 Å². The van der Waals surface area contributed by atoms with Crippen molar-refractivity contribution in [3.05, 3.63) is 52.9 Å². The van der Waals surface area contributed by atoms with Gasteiger partial charge < -0.3 is 14.6 Å². The summed E-state index contributed by atoms with van der Waals surface area (Å²) in [4.78, 5) is 23.4. The summed E-state index contributed by atoms with van der Waals surface area (Å²) in [7, 11) is 0. The van der Waals surface area contributed by atoms with Gasteiger partial charge in [0, 0.05) is 5.56 Å². The number of esters is 1. The molecule has 0 saturated carbocycles. The lowest BCUT2D eigenvalue weighted by Crippen LogP contribution is -2.31. The zero-order chi connectivity index (χ0) is 15.9. The minimum atomic E-state index is -0.476. The first kappa shape index (κ1) is 15.8. The fraction of sp³-hybridized carbons (Fsp3) is 0.312. The van der Waals surface area contributed by atoms with Gasteiger partial charge in [0.1, 0.15) is 18.9 Å². The third kappa shape index (κ3) is 4.44. The van der Waals surface area contributed by atoms with Gasteiger partial charge in [-0.15, -0.1) is 0 Å². The van der Waals surface area contributed by atoms with Crippen molar-refractivity contribution in [2.24, 2.45) is 0 Å². The molecule has 0 aliphatic carbocycles. The number of aryl methyl sites for hydroxylation is 2. The first-order valence-corrected chi connectivity index (χ1v) is 6.94. The molecule has 0 atom stereocenters. The number of carbonyl (C=O) groups excluding carboxylic acids is 2. The van der Waals surface area contributed by atoms with Gasteiger partial charge in [-0.1, -0.05) is 35.5 Å². The van der Waals surface area contributed by atoms with Crippen LogP contribution in [0, 0.1) is 13.8 Å². The first-order valence-electron chi connectivity index (χ1n) is 6.94. The van der Waals surface area contributed by atoms with Crippen LogP contribution in [0.4, 0.5) is 0 Å². The predicted octanol–water partition coefficient (Wildman–Crippen LogP) is 1.69. The molecular formula is C16H18N2O4. The second-order valence-electron chi connectivity index (χ2n) is 4.90. The van der Waals surface area contributed by atoms with Crippen molar-refractivity contribution in [3.8, 4) is 0 Å². The van der Waals surface area contributed by atoms with E-state index in [0.717, 1.165) is 11.1 Å². The van der Waals surface area contributed by atoms with E-state index < -0.39 is 5.97 Å². The smallest absolute Gasteiger partial charge is 0.325 e. The van der Waals surface area contributed by atoms with E-state index in [-0.39, 0.29) is 25.5 Å². The Labute approximate surface area is 128 Å². The number of carbonyl (C=O) groups is 2. The standard InChI is InChI=1S/C16H18N2O4/c1-11-14(12(2)22-18-11)8-15(19)17-9-16(20)21-10-13-6-4-3-5-7-13/h3-7H,8-10H2,1-2H3,(H,17,19). The molecule has 0 unspecified atom stereocenters.